The van der Waals surface area contributed by atoms with E-state index in [0.29, 0.717) is 0 Å². The third-order valence-corrected chi connectivity index (χ3v) is 2.97. The van der Waals surface area contributed by atoms with Crippen molar-refractivity contribution in [3.05, 3.63) is 18.3 Å². The standard InChI is InChI=1S/C11H17ClN2O/c1-8(12)11(2,3)14-10-9(15-4)6-5-7-13-10/h5-8H,1-4H3,(H,13,14). The first-order chi connectivity index (χ1) is 6.97. The van der Waals surface area contributed by atoms with Gasteiger partial charge in [-0.1, -0.05) is 0 Å². The Bertz CT molecular complexity index is 326. The predicted octanol–water partition coefficient (Wildman–Crippen LogP) is 2.91. The van der Waals surface area contributed by atoms with Crippen molar-refractivity contribution in [3.63, 3.8) is 0 Å². The molecule has 1 rings (SSSR count). The molecule has 0 aliphatic rings. The zero-order valence-electron chi connectivity index (χ0n) is 9.54. The average Bonchev–Trinajstić information content (AvgIpc) is 2.18. The van der Waals surface area contributed by atoms with E-state index in [1.54, 1.807) is 13.3 Å². The summed E-state index contributed by atoms with van der Waals surface area (Å²) >= 11 is 6.08. The number of aromatic nitrogens is 1. The van der Waals surface area contributed by atoms with Gasteiger partial charge in [0.05, 0.1) is 12.5 Å². The van der Waals surface area contributed by atoms with Crippen LogP contribution in [0.2, 0.25) is 0 Å². The van der Waals surface area contributed by atoms with Gasteiger partial charge in [-0.05, 0) is 32.9 Å². The van der Waals surface area contributed by atoms with Gasteiger partial charge in [-0.3, -0.25) is 0 Å². The molecule has 4 heteroatoms. The number of ether oxygens (including phenoxy) is 1. The molecule has 0 aliphatic heterocycles. The largest absolute Gasteiger partial charge is 0.493 e. The first-order valence-corrected chi connectivity index (χ1v) is 5.32. The van der Waals surface area contributed by atoms with Crippen LogP contribution in [0, 0.1) is 0 Å². The van der Waals surface area contributed by atoms with Gasteiger partial charge in [-0.15, -0.1) is 11.6 Å². The highest BCUT2D eigenvalue weighted by Gasteiger charge is 2.25. The van der Waals surface area contributed by atoms with Gasteiger partial charge < -0.3 is 10.1 Å². The highest BCUT2D eigenvalue weighted by Crippen LogP contribution is 2.26. The van der Waals surface area contributed by atoms with E-state index in [4.69, 9.17) is 16.3 Å². The fourth-order valence-corrected chi connectivity index (χ4v) is 1.11. The van der Waals surface area contributed by atoms with Gasteiger partial charge in [-0.25, -0.2) is 4.98 Å². The normalized spacial score (nSPS) is 13.4. The fourth-order valence-electron chi connectivity index (χ4n) is 1.05. The van der Waals surface area contributed by atoms with Crippen LogP contribution in [-0.4, -0.2) is 23.0 Å². The first-order valence-electron chi connectivity index (χ1n) is 4.88. The molecular formula is C11H17ClN2O. The van der Waals surface area contributed by atoms with Crippen molar-refractivity contribution >= 4 is 17.4 Å². The van der Waals surface area contributed by atoms with E-state index >= 15 is 0 Å². The molecule has 1 heterocycles. The van der Waals surface area contributed by atoms with Crippen LogP contribution in [0.25, 0.3) is 0 Å². The molecular weight excluding hydrogens is 212 g/mol. The van der Waals surface area contributed by atoms with Gasteiger partial charge in [0.2, 0.25) is 0 Å². The van der Waals surface area contributed by atoms with Crippen LogP contribution in [0.15, 0.2) is 18.3 Å². The molecule has 1 N–H and O–H groups in total. The minimum atomic E-state index is -0.233. The molecule has 0 saturated heterocycles. The van der Waals surface area contributed by atoms with Crippen LogP contribution in [-0.2, 0) is 0 Å². The molecule has 0 radical (unpaired) electrons. The summed E-state index contributed by atoms with van der Waals surface area (Å²) in [5, 5.41) is 3.26. The predicted molar refractivity (Wildman–Crippen MR) is 63.8 cm³/mol. The molecule has 0 aliphatic carbocycles. The van der Waals surface area contributed by atoms with E-state index in [1.807, 2.05) is 32.9 Å². The molecule has 0 fully saturated rings. The number of anilines is 1. The van der Waals surface area contributed by atoms with Crippen LogP contribution in [0.5, 0.6) is 5.75 Å². The summed E-state index contributed by atoms with van der Waals surface area (Å²) in [5.74, 6) is 1.44. The molecule has 1 unspecified atom stereocenters. The molecule has 1 atom stereocenters. The monoisotopic (exact) mass is 228 g/mol. The maximum atomic E-state index is 6.08. The van der Waals surface area contributed by atoms with Gasteiger partial charge in [-0.2, -0.15) is 0 Å². The van der Waals surface area contributed by atoms with Gasteiger partial charge in [0.1, 0.15) is 0 Å². The number of hydrogen-bond donors (Lipinski definition) is 1. The van der Waals surface area contributed by atoms with Crippen molar-refractivity contribution in [1.82, 2.24) is 4.98 Å². The van der Waals surface area contributed by atoms with Gasteiger partial charge >= 0.3 is 0 Å². The Kier molecular flexibility index (Phi) is 3.80. The van der Waals surface area contributed by atoms with Crippen LogP contribution < -0.4 is 10.1 Å². The van der Waals surface area contributed by atoms with E-state index in [2.05, 4.69) is 10.3 Å². The highest BCUT2D eigenvalue weighted by atomic mass is 35.5. The smallest absolute Gasteiger partial charge is 0.169 e. The number of methoxy groups -OCH3 is 1. The Labute approximate surface area is 95.8 Å². The minimum Gasteiger partial charge on any atom is -0.493 e. The molecule has 15 heavy (non-hydrogen) atoms. The van der Waals surface area contributed by atoms with E-state index in [1.165, 1.54) is 0 Å². The third-order valence-electron chi connectivity index (χ3n) is 2.43. The lowest BCUT2D eigenvalue weighted by atomic mass is 10.0. The molecule has 0 spiro atoms. The van der Waals surface area contributed by atoms with Crippen LogP contribution in [0.4, 0.5) is 5.82 Å². The van der Waals surface area contributed by atoms with Crippen LogP contribution in [0.3, 0.4) is 0 Å². The van der Waals surface area contributed by atoms with E-state index in [-0.39, 0.29) is 10.9 Å². The van der Waals surface area contributed by atoms with Crippen molar-refractivity contribution in [3.8, 4) is 5.75 Å². The summed E-state index contributed by atoms with van der Waals surface area (Å²) in [6, 6.07) is 3.70. The van der Waals surface area contributed by atoms with Crippen molar-refractivity contribution in [2.75, 3.05) is 12.4 Å². The molecule has 0 amide bonds. The lowest BCUT2D eigenvalue weighted by molar-refractivity contribution is 0.412. The zero-order chi connectivity index (χ0) is 11.5. The van der Waals surface area contributed by atoms with E-state index < -0.39 is 0 Å². The topological polar surface area (TPSA) is 34.1 Å². The van der Waals surface area contributed by atoms with E-state index in [0.717, 1.165) is 11.6 Å². The summed E-state index contributed by atoms with van der Waals surface area (Å²) in [6.07, 6.45) is 1.72. The number of nitrogens with zero attached hydrogens (tertiary/aromatic N) is 1. The Morgan fingerprint density at radius 2 is 2.20 bits per heavy atom. The number of hydrogen-bond acceptors (Lipinski definition) is 3. The van der Waals surface area contributed by atoms with E-state index in [9.17, 15) is 0 Å². The second kappa shape index (κ2) is 4.71. The third kappa shape index (κ3) is 2.99. The zero-order valence-corrected chi connectivity index (χ0v) is 10.3. The Balaban J connectivity index is 2.89. The first kappa shape index (κ1) is 12.1. The number of nitrogens with one attached hydrogen (secondary N) is 1. The van der Waals surface area contributed by atoms with Crippen molar-refractivity contribution in [1.29, 1.82) is 0 Å². The molecule has 1 aromatic rings. The van der Waals surface area contributed by atoms with Crippen molar-refractivity contribution < 1.29 is 4.74 Å². The molecule has 3 nitrogen and oxygen atoms in total. The fraction of sp³-hybridized carbons (Fsp3) is 0.545. The Morgan fingerprint density at radius 1 is 1.53 bits per heavy atom. The molecule has 84 valence electrons. The Morgan fingerprint density at radius 3 is 2.73 bits per heavy atom. The molecule has 1 aromatic heterocycles. The summed E-state index contributed by atoms with van der Waals surface area (Å²) in [7, 11) is 1.62. The van der Waals surface area contributed by atoms with Gasteiger partial charge in [0.15, 0.2) is 11.6 Å². The Hall–Kier alpha value is -0.960. The second-order valence-electron chi connectivity index (χ2n) is 4.02. The quantitative estimate of drug-likeness (QED) is 0.805. The number of rotatable bonds is 4. The number of alkyl halides is 1. The molecule has 0 bridgehead atoms. The minimum absolute atomic E-state index is 0.00999. The molecule has 0 saturated carbocycles. The number of pyridine rings is 1. The highest BCUT2D eigenvalue weighted by molar-refractivity contribution is 6.21. The summed E-state index contributed by atoms with van der Waals surface area (Å²) in [6.45, 7) is 6.00. The van der Waals surface area contributed by atoms with Gasteiger partial charge in [0.25, 0.3) is 0 Å². The van der Waals surface area contributed by atoms with Crippen molar-refractivity contribution in [2.45, 2.75) is 31.7 Å². The second-order valence-corrected chi connectivity index (χ2v) is 4.67. The van der Waals surface area contributed by atoms with Crippen molar-refractivity contribution in [2.24, 2.45) is 0 Å². The summed E-state index contributed by atoms with van der Waals surface area (Å²) in [4.78, 5) is 4.22. The maximum absolute atomic E-state index is 6.08. The average molecular weight is 229 g/mol. The van der Waals surface area contributed by atoms with Gasteiger partial charge in [0, 0.05) is 11.7 Å². The number of halogens is 1. The van der Waals surface area contributed by atoms with Crippen LogP contribution >= 0.6 is 11.6 Å². The van der Waals surface area contributed by atoms with Crippen LogP contribution in [0.1, 0.15) is 20.8 Å². The maximum Gasteiger partial charge on any atom is 0.169 e. The summed E-state index contributed by atoms with van der Waals surface area (Å²) in [5.41, 5.74) is -0.233. The lowest BCUT2D eigenvalue weighted by Crippen LogP contribution is -2.39. The molecule has 0 aromatic carbocycles. The SMILES string of the molecule is COc1cccnc1NC(C)(C)C(C)Cl. The summed E-state index contributed by atoms with van der Waals surface area (Å²) < 4.78 is 5.20. The lowest BCUT2D eigenvalue weighted by Gasteiger charge is -2.30.